The van der Waals surface area contributed by atoms with Crippen LogP contribution < -0.4 is 10.2 Å². The average Bonchev–Trinajstić information content (AvgIpc) is 2.62. The molecular formula is C17H20N4O4S. The topological polar surface area (TPSA) is 105 Å². The number of aromatic nitrogens is 1. The van der Waals surface area contributed by atoms with Crippen molar-refractivity contribution in [2.75, 3.05) is 29.6 Å². The van der Waals surface area contributed by atoms with E-state index in [1.165, 1.54) is 18.6 Å². The molecule has 1 aliphatic heterocycles. The van der Waals surface area contributed by atoms with Gasteiger partial charge < -0.3 is 10.2 Å². The van der Waals surface area contributed by atoms with Crippen molar-refractivity contribution in [1.29, 1.82) is 0 Å². The summed E-state index contributed by atoms with van der Waals surface area (Å²) in [5, 5.41) is 14.2. The number of anilines is 3. The van der Waals surface area contributed by atoms with Crippen molar-refractivity contribution in [3.05, 3.63) is 46.6 Å². The van der Waals surface area contributed by atoms with Gasteiger partial charge in [-0.05, 0) is 43.5 Å². The zero-order chi connectivity index (χ0) is 18.7. The standard InChI is InChI=1S/C17H20N4O4S/c1-26(24,25)14-6-7-15(16(11-14)21(22)23)19-13-5-8-17(18-12-13)20-9-3-2-4-10-20/h5-8,11-12,19H,2-4,9-10H2,1H3. The van der Waals surface area contributed by atoms with E-state index in [-0.39, 0.29) is 16.3 Å². The van der Waals surface area contributed by atoms with Crippen LogP contribution in [-0.2, 0) is 9.84 Å². The first-order valence-electron chi connectivity index (χ1n) is 8.31. The largest absolute Gasteiger partial charge is 0.357 e. The van der Waals surface area contributed by atoms with E-state index >= 15 is 0 Å². The quantitative estimate of drug-likeness (QED) is 0.631. The third kappa shape index (κ3) is 4.10. The summed E-state index contributed by atoms with van der Waals surface area (Å²) in [5.41, 5.74) is 0.518. The molecule has 1 aromatic heterocycles. The van der Waals surface area contributed by atoms with E-state index in [1.807, 2.05) is 12.1 Å². The highest BCUT2D eigenvalue weighted by Gasteiger charge is 2.19. The molecule has 0 spiro atoms. The molecule has 1 saturated heterocycles. The number of pyridine rings is 1. The van der Waals surface area contributed by atoms with Crippen LogP contribution in [0.15, 0.2) is 41.4 Å². The van der Waals surface area contributed by atoms with Gasteiger partial charge in [0.25, 0.3) is 5.69 Å². The maximum atomic E-state index is 11.6. The molecule has 0 bridgehead atoms. The van der Waals surface area contributed by atoms with Crippen LogP contribution in [0.4, 0.5) is 22.9 Å². The Balaban J connectivity index is 1.83. The van der Waals surface area contributed by atoms with Crippen molar-refractivity contribution in [3.63, 3.8) is 0 Å². The van der Waals surface area contributed by atoms with E-state index in [1.54, 1.807) is 6.20 Å². The minimum Gasteiger partial charge on any atom is -0.357 e. The highest BCUT2D eigenvalue weighted by atomic mass is 32.2. The summed E-state index contributed by atoms with van der Waals surface area (Å²) in [6, 6.07) is 7.50. The number of nitrogens with one attached hydrogen (secondary N) is 1. The molecule has 2 aromatic rings. The third-order valence-electron chi connectivity index (χ3n) is 4.30. The molecule has 1 aliphatic rings. The molecule has 1 N–H and O–H groups in total. The van der Waals surface area contributed by atoms with Gasteiger partial charge in [0.2, 0.25) is 0 Å². The van der Waals surface area contributed by atoms with Gasteiger partial charge in [-0.1, -0.05) is 0 Å². The van der Waals surface area contributed by atoms with Crippen molar-refractivity contribution < 1.29 is 13.3 Å². The predicted octanol–water partition coefficient (Wildman–Crippen LogP) is 3.13. The number of hydrogen-bond donors (Lipinski definition) is 1. The van der Waals surface area contributed by atoms with Crippen LogP contribution in [-0.4, -0.2) is 37.7 Å². The summed E-state index contributed by atoms with van der Waals surface area (Å²) in [7, 11) is -3.52. The summed E-state index contributed by atoms with van der Waals surface area (Å²) < 4.78 is 23.2. The lowest BCUT2D eigenvalue weighted by molar-refractivity contribution is -0.384. The van der Waals surface area contributed by atoms with Crippen LogP contribution in [0.3, 0.4) is 0 Å². The Morgan fingerprint density at radius 2 is 1.88 bits per heavy atom. The van der Waals surface area contributed by atoms with Crippen molar-refractivity contribution >= 4 is 32.7 Å². The van der Waals surface area contributed by atoms with Crippen LogP contribution >= 0.6 is 0 Å². The lowest BCUT2D eigenvalue weighted by Gasteiger charge is -2.27. The number of nitro benzene ring substituents is 1. The number of sulfone groups is 1. The van der Waals surface area contributed by atoms with E-state index in [2.05, 4.69) is 15.2 Å². The monoisotopic (exact) mass is 376 g/mol. The SMILES string of the molecule is CS(=O)(=O)c1ccc(Nc2ccc(N3CCCCC3)nc2)c([N+](=O)[O-])c1. The van der Waals surface area contributed by atoms with Crippen molar-refractivity contribution in [2.45, 2.75) is 24.2 Å². The van der Waals surface area contributed by atoms with E-state index in [4.69, 9.17) is 0 Å². The molecule has 3 rings (SSSR count). The fourth-order valence-corrected chi connectivity index (χ4v) is 3.57. The Hall–Kier alpha value is -2.68. The van der Waals surface area contributed by atoms with Crippen molar-refractivity contribution in [1.82, 2.24) is 4.98 Å². The highest BCUT2D eigenvalue weighted by Crippen LogP contribution is 2.30. The molecule has 0 atom stereocenters. The molecule has 0 aliphatic carbocycles. The molecule has 0 radical (unpaired) electrons. The molecule has 2 heterocycles. The van der Waals surface area contributed by atoms with Gasteiger partial charge >= 0.3 is 0 Å². The van der Waals surface area contributed by atoms with E-state index in [0.29, 0.717) is 5.69 Å². The number of hydrogen-bond acceptors (Lipinski definition) is 7. The Kier molecular flexibility index (Phi) is 5.08. The van der Waals surface area contributed by atoms with Crippen LogP contribution in [0, 0.1) is 10.1 Å². The molecule has 9 heteroatoms. The predicted molar refractivity (Wildman–Crippen MR) is 99.8 cm³/mol. The molecule has 26 heavy (non-hydrogen) atoms. The summed E-state index contributed by atoms with van der Waals surface area (Å²) >= 11 is 0. The highest BCUT2D eigenvalue weighted by molar-refractivity contribution is 7.90. The first-order chi connectivity index (χ1) is 12.3. The molecule has 0 amide bonds. The second kappa shape index (κ2) is 7.28. The summed E-state index contributed by atoms with van der Waals surface area (Å²) in [6.45, 7) is 1.97. The second-order valence-electron chi connectivity index (χ2n) is 6.29. The molecular weight excluding hydrogens is 356 g/mol. The third-order valence-corrected chi connectivity index (χ3v) is 5.41. The maximum absolute atomic E-state index is 11.6. The molecule has 138 valence electrons. The van der Waals surface area contributed by atoms with E-state index in [9.17, 15) is 18.5 Å². The fraction of sp³-hybridized carbons (Fsp3) is 0.353. The molecule has 0 saturated carbocycles. The number of nitro groups is 1. The zero-order valence-electron chi connectivity index (χ0n) is 14.4. The number of benzene rings is 1. The van der Waals surface area contributed by atoms with E-state index < -0.39 is 14.8 Å². The maximum Gasteiger partial charge on any atom is 0.293 e. The Bertz CT molecular complexity index is 907. The van der Waals surface area contributed by atoms with Gasteiger partial charge in [0.15, 0.2) is 9.84 Å². The van der Waals surface area contributed by atoms with Crippen LogP contribution in [0.25, 0.3) is 0 Å². The van der Waals surface area contributed by atoms with Gasteiger partial charge in [-0.15, -0.1) is 0 Å². The zero-order valence-corrected chi connectivity index (χ0v) is 15.2. The molecule has 0 unspecified atom stereocenters. The lowest BCUT2D eigenvalue weighted by atomic mass is 10.1. The van der Waals surface area contributed by atoms with E-state index in [0.717, 1.165) is 44.1 Å². The van der Waals surface area contributed by atoms with Crippen LogP contribution in [0.2, 0.25) is 0 Å². The first-order valence-corrected chi connectivity index (χ1v) is 10.2. The normalized spacial score (nSPS) is 14.9. The van der Waals surface area contributed by atoms with Gasteiger partial charge in [0.05, 0.1) is 21.7 Å². The second-order valence-corrected chi connectivity index (χ2v) is 8.30. The number of rotatable bonds is 5. The van der Waals surface area contributed by atoms with Gasteiger partial charge in [-0.3, -0.25) is 10.1 Å². The number of nitrogens with zero attached hydrogens (tertiary/aromatic N) is 3. The van der Waals surface area contributed by atoms with Gasteiger partial charge in [-0.2, -0.15) is 0 Å². The minimum absolute atomic E-state index is 0.0895. The Morgan fingerprint density at radius 3 is 2.46 bits per heavy atom. The fourth-order valence-electron chi connectivity index (χ4n) is 2.92. The minimum atomic E-state index is -3.52. The van der Waals surface area contributed by atoms with Crippen molar-refractivity contribution in [2.24, 2.45) is 0 Å². The Labute approximate surface area is 151 Å². The average molecular weight is 376 g/mol. The molecule has 8 nitrogen and oxygen atoms in total. The van der Waals surface area contributed by atoms with Gasteiger partial charge in [0.1, 0.15) is 11.5 Å². The summed E-state index contributed by atoms with van der Waals surface area (Å²) in [4.78, 5) is 17.3. The van der Waals surface area contributed by atoms with Crippen LogP contribution in [0.5, 0.6) is 0 Å². The lowest BCUT2D eigenvalue weighted by Crippen LogP contribution is -2.29. The molecule has 1 fully saturated rings. The Morgan fingerprint density at radius 1 is 1.15 bits per heavy atom. The number of piperidine rings is 1. The molecule has 1 aromatic carbocycles. The smallest absolute Gasteiger partial charge is 0.293 e. The van der Waals surface area contributed by atoms with Gasteiger partial charge in [0, 0.05) is 25.4 Å². The summed E-state index contributed by atoms with van der Waals surface area (Å²) in [6.07, 6.45) is 6.19. The first kappa shape index (κ1) is 18.1. The summed E-state index contributed by atoms with van der Waals surface area (Å²) in [5.74, 6) is 0.886. The van der Waals surface area contributed by atoms with Gasteiger partial charge in [-0.25, -0.2) is 13.4 Å². The van der Waals surface area contributed by atoms with Crippen LogP contribution in [0.1, 0.15) is 19.3 Å². The van der Waals surface area contributed by atoms with Crippen molar-refractivity contribution in [3.8, 4) is 0 Å².